The van der Waals surface area contributed by atoms with Crippen molar-refractivity contribution < 1.29 is 13.2 Å². The highest BCUT2D eigenvalue weighted by atomic mass is 32.2. The van der Waals surface area contributed by atoms with Crippen molar-refractivity contribution >= 4 is 10.0 Å². The van der Waals surface area contributed by atoms with E-state index in [1.54, 1.807) is 6.07 Å². The number of ether oxygens (including phenoxy) is 1. The van der Waals surface area contributed by atoms with Crippen LogP contribution >= 0.6 is 0 Å². The topological polar surface area (TPSA) is 58.6 Å². The molecule has 1 fully saturated rings. The van der Waals surface area contributed by atoms with E-state index in [-0.39, 0.29) is 6.04 Å². The summed E-state index contributed by atoms with van der Waals surface area (Å²) < 4.78 is 34.7. The summed E-state index contributed by atoms with van der Waals surface area (Å²) in [4.78, 5) is 2.60. The molecule has 5 nitrogen and oxygen atoms in total. The van der Waals surface area contributed by atoms with E-state index in [0.717, 1.165) is 35.3 Å². The monoisotopic (exact) mass is 388 g/mol. The zero-order valence-corrected chi connectivity index (χ0v) is 17.1. The van der Waals surface area contributed by atoms with Gasteiger partial charge in [-0.2, -0.15) is 0 Å². The predicted octanol–water partition coefficient (Wildman–Crippen LogP) is 2.96. The third-order valence-corrected chi connectivity index (χ3v) is 6.57. The zero-order valence-electron chi connectivity index (χ0n) is 16.2. The standard InChI is InChI=1S/C21H28N2O3S/c1-16-5-8-19(9-6-16)20(15-23-10-12-26-13-11-23)22-27(24,25)21-14-17(2)4-7-18(21)3/h4-9,14,20,22H,10-13,15H2,1-3H3. The molecule has 146 valence electrons. The molecule has 0 bridgehead atoms. The zero-order chi connectivity index (χ0) is 19.4. The van der Waals surface area contributed by atoms with Gasteiger partial charge in [-0.05, 0) is 43.5 Å². The van der Waals surface area contributed by atoms with Crippen LogP contribution in [0, 0.1) is 20.8 Å². The quantitative estimate of drug-likeness (QED) is 0.827. The molecule has 1 heterocycles. The fraction of sp³-hybridized carbons (Fsp3) is 0.429. The van der Waals surface area contributed by atoms with Crippen LogP contribution in [-0.2, 0) is 14.8 Å². The molecule has 6 heteroatoms. The molecule has 1 aliphatic heterocycles. The number of hydrogen-bond acceptors (Lipinski definition) is 4. The van der Waals surface area contributed by atoms with Crippen LogP contribution in [0.25, 0.3) is 0 Å². The van der Waals surface area contributed by atoms with Gasteiger partial charge in [-0.15, -0.1) is 0 Å². The molecule has 3 rings (SSSR count). The SMILES string of the molecule is Cc1ccc(C(CN2CCOCC2)NS(=O)(=O)c2cc(C)ccc2C)cc1. The van der Waals surface area contributed by atoms with Crippen LogP contribution in [-0.4, -0.2) is 46.2 Å². The third-order valence-electron chi connectivity index (χ3n) is 4.95. The van der Waals surface area contributed by atoms with E-state index in [0.29, 0.717) is 24.7 Å². The fourth-order valence-electron chi connectivity index (χ4n) is 3.30. The van der Waals surface area contributed by atoms with Crippen LogP contribution in [0.3, 0.4) is 0 Å². The molecule has 2 aromatic rings. The van der Waals surface area contributed by atoms with Crippen molar-refractivity contribution in [1.29, 1.82) is 0 Å². The highest BCUT2D eigenvalue weighted by Crippen LogP contribution is 2.22. The van der Waals surface area contributed by atoms with E-state index in [1.807, 2.05) is 57.2 Å². The maximum atomic E-state index is 13.1. The van der Waals surface area contributed by atoms with Crippen molar-refractivity contribution in [1.82, 2.24) is 9.62 Å². The van der Waals surface area contributed by atoms with Crippen molar-refractivity contribution in [3.05, 3.63) is 64.7 Å². The van der Waals surface area contributed by atoms with Gasteiger partial charge in [0.2, 0.25) is 10.0 Å². The van der Waals surface area contributed by atoms with Gasteiger partial charge in [0.05, 0.1) is 24.2 Å². The van der Waals surface area contributed by atoms with Gasteiger partial charge in [0.15, 0.2) is 0 Å². The van der Waals surface area contributed by atoms with Crippen LogP contribution in [0.1, 0.15) is 28.3 Å². The molecule has 0 amide bonds. The molecule has 0 aliphatic carbocycles. The number of nitrogens with zero attached hydrogens (tertiary/aromatic N) is 1. The van der Waals surface area contributed by atoms with Crippen LogP contribution in [0.5, 0.6) is 0 Å². The van der Waals surface area contributed by atoms with Gasteiger partial charge in [-0.3, -0.25) is 4.90 Å². The minimum absolute atomic E-state index is 0.311. The molecule has 1 N–H and O–H groups in total. The Morgan fingerprint density at radius 2 is 1.63 bits per heavy atom. The van der Waals surface area contributed by atoms with Crippen LogP contribution in [0.2, 0.25) is 0 Å². The lowest BCUT2D eigenvalue weighted by atomic mass is 10.1. The van der Waals surface area contributed by atoms with Gasteiger partial charge >= 0.3 is 0 Å². The number of morpholine rings is 1. The lowest BCUT2D eigenvalue weighted by Crippen LogP contribution is -2.43. The molecular weight excluding hydrogens is 360 g/mol. The normalized spacial score (nSPS) is 17.0. The van der Waals surface area contributed by atoms with Crippen molar-refractivity contribution in [2.75, 3.05) is 32.8 Å². The predicted molar refractivity (Wildman–Crippen MR) is 107 cm³/mol. The molecule has 2 aromatic carbocycles. The Balaban J connectivity index is 1.89. The molecular formula is C21H28N2O3S. The van der Waals surface area contributed by atoms with Gasteiger partial charge in [0.1, 0.15) is 0 Å². The smallest absolute Gasteiger partial charge is 0.241 e. The van der Waals surface area contributed by atoms with Gasteiger partial charge in [0.25, 0.3) is 0 Å². The lowest BCUT2D eigenvalue weighted by molar-refractivity contribution is 0.0345. The number of nitrogens with one attached hydrogen (secondary N) is 1. The number of benzene rings is 2. The average Bonchev–Trinajstić information content (AvgIpc) is 2.64. The largest absolute Gasteiger partial charge is 0.379 e. The molecule has 0 saturated carbocycles. The van der Waals surface area contributed by atoms with Crippen molar-refractivity contribution in [2.45, 2.75) is 31.7 Å². The lowest BCUT2D eigenvalue weighted by Gasteiger charge is -2.31. The van der Waals surface area contributed by atoms with Crippen LogP contribution < -0.4 is 4.72 Å². The fourth-order valence-corrected chi connectivity index (χ4v) is 4.84. The Labute approximate surface area is 162 Å². The van der Waals surface area contributed by atoms with E-state index in [1.165, 1.54) is 0 Å². The summed E-state index contributed by atoms with van der Waals surface area (Å²) in [5.74, 6) is 0. The number of aryl methyl sites for hydroxylation is 3. The van der Waals surface area contributed by atoms with E-state index in [2.05, 4.69) is 9.62 Å². The molecule has 0 aromatic heterocycles. The van der Waals surface area contributed by atoms with E-state index in [4.69, 9.17) is 4.74 Å². The Bertz CT molecular complexity index is 873. The van der Waals surface area contributed by atoms with Crippen molar-refractivity contribution in [3.8, 4) is 0 Å². The summed E-state index contributed by atoms with van der Waals surface area (Å²) in [6.07, 6.45) is 0. The van der Waals surface area contributed by atoms with Gasteiger partial charge in [-0.25, -0.2) is 13.1 Å². The Morgan fingerprint density at radius 3 is 2.30 bits per heavy atom. The van der Waals surface area contributed by atoms with Gasteiger partial charge < -0.3 is 4.74 Å². The minimum atomic E-state index is -3.63. The molecule has 1 unspecified atom stereocenters. The van der Waals surface area contributed by atoms with E-state index >= 15 is 0 Å². The van der Waals surface area contributed by atoms with Crippen molar-refractivity contribution in [3.63, 3.8) is 0 Å². The number of rotatable bonds is 6. The number of hydrogen-bond donors (Lipinski definition) is 1. The Morgan fingerprint density at radius 1 is 1.00 bits per heavy atom. The second-order valence-corrected chi connectivity index (χ2v) is 8.95. The van der Waals surface area contributed by atoms with Crippen LogP contribution in [0.15, 0.2) is 47.4 Å². The molecule has 0 spiro atoms. The summed E-state index contributed by atoms with van der Waals surface area (Å²) >= 11 is 0. The molecule has 0 radical (unpaired) electrons. The maximum Gasteiger partial charge on any atom is 0.241 e. The van der Waals surface area contributed by atoms with Gasteiger partial charge in [-0.1, -0.05) is 42.0 Å². The highest BCUT2D eigenvalue weighted by Gasteiger charge is 2.25. The Kier molecular flexibility index (Phi) is 6.32. The molecule has 27 heavy (non-hydrogen) atoms. The second-order valence-electron chi connectivity index (χ2n) is 7.27. The minimum Gasteiger partial charge on any atom is -0.379 e. The summed E-state index contributed by atoms with van der Waals surface area (Å²) in [6.45, 7) is 9.38. The highest BCUT2D eigenvalue weighted by molar-refractivity contribution is 7.89. The summed E-state index contributed by atoms with van der Waals surface area (Å²) in [7, 11) is -3.63. The van der Waals surface area contributed by atoms with E-state index in [9.17, 15) is 8.42 Å². The first-order valence-electron chi connectivity index (χ1n) is 9.31. The first-order chi connectivity index (χ1) is 12.8. The molecule has 1 saturated heterocycles. The second kappa shape index (κ2) is 8.52. The summed E-state index contributed by atoms with van der Waals surface area (Å²) in [5.41, 5.74) is 3.81. The number of sulfonamides is 1. The first-order valence-corrected chi connectivity index (χ1v) is 10.8. The van der Waals surface area contributed by atoms with E-state index < -0.39 is 10.0 Å². The summed E-state index contributed by atoms with van der Waals surface area (Å²) in [6, 6.07) is 13.3. The average molecular weight is 389 g/mol. The maximum absolute atomic E-state index is 13.1. The molecule has 1 aliphatic rings. The van der Waals surface area contributed by atoms with Crippen LogP contribution in [0.4, 0.5) is 0 Å². The summed E-state index contributed by atoms with van der Waals surface area (Å²) in [5, 5.41) is 0. The first kappa shape index (κ1) is 20.0. The third kappa shape index (κ3) is 5.17. The Hall–Kier alpha value is -1.73. The van der Waals surface area contributed by atoms with Crippen molar-refractivity contribution in [2.24, 2.45) is 0 Å². The van der Waals surface area contributed by atoms with Gasteiger partial charge in [0, 0.05) is 19.6 Å². The molecule has 1 atom stereocenters.